The zero-order valence-electron chi connectivity index (χ0n) is 17.2. The first-order valence-electron chi connectivity index (χ1n) is 10.1. The molecule has 2 aliphatic heterocycles. The van der Waals surface area contributed by atoms with E-state index >= 15 is 0 Å². The Kier molecular flexibility index (Phi) is 6.16. The van der Waals surface area contributed by atoms with Gasteiger partial charge in [0, 0.05) is 24.2 Å². The molecule has 0 aromatic heterocycles. The van der Waals surface area contributed by atoms with E-state index in [1.807, 2.05) is 0 Å². The van der Waals surface area contributed by atoms with Crippen LogP contribution in [0.2, 0.25) is 0 Å². The number of esters is 1. The number of nitrogens with zero attached hydrogens (tertiary/aromatic N) is 2. The molecule has 0 bridgehead atoms. The van der Waals surface area contributed by atoms with Gasteiger partial charge in [-0.3, -0.25) is 4.79 Å². The van der Waals surface area contributed by atoms with Crippen LogP contribution < -0.4 is 14.4 Å². The molecule has 2 aromatic rings. The lowest BCUT2D eigenvalue weighted by Crippen LogP contribution is -2.23. The molecule has 166 valence electrons. The summed E-state index contributed by atoms with van der Waals surface area (Å²) in [6.07, 6.45) is 2.85. The van der Waals surface area contributed by atoms with Crippen molar-refractivity contribution >= 4 is 29.5 Å². The van der Waals surface area contributed by atoms with Gasteiger partial charge in [0.1, 0.15) is 0 Å². The van der Waals surface area contributed by atoms with Gasteiger partial charge in [-0.15, -0.1) is 0 Å². The number of carbonyl (C=O) groups excluding carboxylic acids is 2. The highest BCUT2D eigenvalue weighted by molar-refractivity contribution is 6.13. The standard InChI is InChI=1S/C23H20F2N2O5/c1-2-30-19-13-14(5-10-18(19)31-23(24)25)12-17-22(29)32-21(26-17)15-6-8-16(9-7-15)27-11-3-4-20(27)28/h5-10,12-13,23H,2-4,11H2,1H3. The fourth-order valence-electron chi connectivity index (χ4n) is 3.47. The molecule has 2 aromatic carbocycles. The largest absolute Gasteiger partial charge is 0.490 e. The molecule has 0 N–H and O–H groups in total. The second-order valence-electron chi connectivity index (χ2n) is 7.05. The highest BCUT2D eigenvalue weighted by Crippen LogP contribution is 2.31. The van der Waals surface area contributed by atoms with Gasteiger partial charge < -0.3 is 19.1 Å². The van der Waals surface area contributed by atoms with Crippen molar-refractivity contribution in [1.29, 1.82) is 0 Å². The Morgan fingerprint density at radius 2 is 1.94 bits per heavy atom. The molecule has 0 spiro atoms. The van der Waals surface area contributed by atoms with Crippen LogP contribution in [-0.2, 0) is 14.3 Å². The van der Waals surface area contributed by atoms with Crippen molar-refractivity contribution in [2.75, 3.05) is 18.1 Å². The van der Waals surface area contributed by atoms with Crippen LogP contribution in [-0.4, -0.2) is 37.5 Å². The summed E-state index contributed by atoms with van der Waals surface area (Å²) in [5, 5.41) is 0. The molecule has 0 atom stereocenters. The third kappa shape index (κ3) is 4.61. The molecule has 2 aliphatic rings. The predicted octanol–water partition coefficient (Wildman–Crippen LogP) is 4.16. The van der Waals surface area contributed by atoms with Gasteiger partial charge in [0.15, 0.2) is 17.2 Å². The van der Waals surface area contributed by atoms with Gasteiger partial charge in [0.25, 0.3) is 0 Å². The van der Waals surface area contributed by atoms with Crippen molar-refractivity contribution in [1.82, 2.24) is 0 Å². The SMILES string of the molecule is CCOc1cc(C=C2N=C(c3ccc(N4CCCC4=O)cc3)OC2=O)ccc1OC(F)F. The smallest absolute Gasteiger partial charge is 0.387 e. The average Bonchev–Trinajstić information content (AvgIpc) is 3.35. The van der Waals surface area contributed by atoms with Crippen LogP contribution in [0.5, 0.6) is 11.5 Å². The number of aliphatic imine (C=N–C) groups is 1. The maximum atomic E-state index is 12.6. The number of rotatable bonds is 7. The van der Waals surface area contributed by atoms with E-state index in [4.69, 9.17) is 9.47 Å². The summed E-state index contributed by atoms with van der Waals surface area (Å²) < 4.78 is 40.2. The second-order valence-corrected chi connectivity index (χ2v) is 7.05. The minimum absolute atomic E-state index is 0.0590. The number of hydrogen-bond donors (Lipinski definition) is 0. The number of amides is 1. The van der Waals surface area contributed by atoms with Crippen molar-refractivity contribution in [2.45, 2.75) is 26.4 Å². The average molecular weight is 442 g/mol. The van der Waals surface area contributed by atoms with Crippen molar-refractivity contribution in [3.8, 4) is 11.5 Å². The van der Waals surface area contributed by atoms with E-state index in [1.54, 1.807) is 36.1 Å². The number of anilines is 1. The molecule has 0 unspecified atom stereocenters. The van der Waals surface area contributed by atoms with E-state index < -0.39 is 12.6 Å². The van der Waals surface area contributed by atoms with Crippen LogP contribution >= 0.6 is 0 Å². The van der Waals surface area contributed by atoms with Gasteiger partial charge in [-0.1, -0.05) is 6.07 Å². The Balaban J connectivity index is 1.56. The second kappa shape index (κ2) is 9.17. The molecule has 0 radical (unpaired) electrons. The number of ether oxygens (including phenoxy) is 3. The fraction of sp³-hybridized carbons (Fsp3) is 0.261. The summed E-state index contributed by atoms with van der Waals surface area (Å²) in [4.78, 5) is 30.2. The molecule has 1 fully saturated rings. The number of halogens is 2. The summed E-state index contributed by atoms with van der Waals surface area (Å²) in [7, 11) is 0. The lowest BCUT2D eigenvalue weighted by Gasteiger charge is -2.15. The first kappa shape index (κ1) is 21.5. The van der Waals surface area contributed by atoms with Gasteiger partial charge in [0.05, 0.1) is 6.61 Å². The van der Waals surface area contributed by atoms with Crippen molar-refractivity contribution in [3.63, 3.8) is 0 Å². The number of benzene rings is 2. The van der Waals surface area contributed by atoms with Crippen LogP contribution in [0.3, 0.4) is 0 Å². The number of carbonyl (C=O) groups is 2. The highest BCUT2D eigenvalue weighted by Gasteiger charge is 2.26. The molecule has 32 heavy (non-hydrogen) atoms. The summed E-state index contributed by atoms with van der Waals surface area (Å²) in [6, 6.07) is 11.4. The van der Waals surface area contributed by atoms with Crippen LogP contribution in [0, 0.1) is 0 Å². The Bertz CT molecular complexity index is 1100. The van der Waals surface area contributed by atoms with E-state index in [1.165, 1.54) is 24.3 Å². The molecule has 9 heteroatoms. The Morgan fingerprint density at radius 1 is 1.16 bits per heavy atom. The Morgan fingerprint density at radius 3 is 2.59 bits per heavy atom. The monoisotopic (exact) mass is 442 g/mol. The lowest BCUT2D eigenvalue weighted by atomic mass is 10.1. The molecular weight excluding hydrogens is 422 g/mol. The zero-order valence-corrected chi connectivity index (χ0v) is 17.2. The minimum atomic E-state index is -2.98. The molecule has 1 saturated heterocycles. The number of alkyl halides is 2. The van der Waals surface area contributed by atoms with Crippen molar-refractivity contribution in [3.05, 3.63) is 59.3 Å². The third-order valence-corrected chi connectivity index (χ3v) is 4.91. The quantitative estimate of drug-likeness (QED) is 0.475. The van der Waals surface area contributed by atoms with Crippen LogP contribution in [0.15, 0.2) is 53.2 Å². The van der Waals surface area contributed by atoms with Gasteiger partial charge in [-0.25, -0.2) is 9.79 Å². The molecule has 4 rings (SSSR count). The molecule has 2 heterocycles. The summed E-state index contributed by atoms with van der Waals surface area (Å²) in [6.45, 7) is -0.326. The van der Waals surface area contributed by atoms with E-state index in [-0.39, 0.29) is 35.6 Å². The highest BCUT2D eigenvalue weighted by atomic mass is 19.3. The van der Waals surface area contributed by atoms with Crippen LogP contribution in [0.1, 0.15) is 30.9 Å². The maximum Gasteiger partial charge on any atom is 0.387 e. The van der Waals surface area contributed by atoms with E-state index in [0.717, 1.165) is 12.1 Å². The van der Waals surface area contributed by atoms with Crippen LogP contribution in [0.25, 0.3) is 6.08 Å². The first-order valence-corrected chi connectivity index (χ1v) is 10.1. The molecule has 0 aliphatic carbocycles. The van der Waals surface area contributed by atoms with Crippen molar-refractivity contribution in [2.24, 2.45) is 4.99 Å². The predicted molar refractivity (Wildman–Crippen MR) is 113 cm³/mol. The normalized spacial score (nSPS) is 17.2. The summed E-state index contributed by atoms with van der Waals surface area (Å²) >= 11 is 0. The first-order chi connectivity index (χ1) is 15.4. The van der Waals surface area contributed by atoms with E-state index in [2.05, 4.69) is 9.73 Å². The van der Waals surface area contributed by atoms with E-state index in [0.29, 0.717) is 24.1 Å². The van der Waals surface area contributed by atoms with Gasteiger partial charge in [0.2, 0.25) is 11.8 Å². The van der Waals surface area contributed by atoms with Gasteiger partial charge in [-0.05, 0) is 61.4 Å². The fourth-order valence-corrected chi connectivity index (χ4v) is 3.47. The maximum absolute atomic E-state index is 12.6. The van der Waals surface area contributed by atoms with Crippen molar-refractivity contribution < 1.29 is 32.6 Å². The van der Waals surface area contributed by atoms with Crippen LogP contribution in [0.4, 0.5) is 14.5 Å². The summed E-state index contributed by atoms with van der Waals surface area (Å²) in [5.74, 6) is -0.375. The number of cyclic esters (lactones) is 1. The Labute approximate surface area is 182 Å². The third-order valence-electron chi connectivity index (χ3n) is 4.91. The minimum Gasteiger partial charge on any atom is -0.490 e. The molecular formula is C23H20F2N2O5. The molecule has 0 saturated carbocycles. The summed E-state index contributed by atoms with van der Waals surface area (Å²) in [5.41, 5.74) is 1.94. The van der Waals surface area contributed by atoms with Gasteiger partial charge in [-0.2, -0.15) is 8.78 Å². The topological polar surface area (TPSA) is 77.4 Å². The molecule has 1 amide bonds. The Hall–Kier alpha value is -3.75. The lowest BCUT2D eigenvalue weighted by molar-refractivity contribution is -0.130. The molecule has 7 nitrogen and oxygen atoms in total. The van der Waals surface area contributed by atoms with Gasteiger partial charge >= 0.3 is 12.6 Å². The number of hydrogen-bond acceptors (Lipinski definition) is 6. The zero-order chi connectivity index (χ0) is 22.7. The van der Waals surface area contributed by atoms with E-state index in [9.17, 15) is 18.4 Å².